The topological polar surface area (TPSA) is 66.5 Å². The van der Waals surface area contributed by atoms with E-state index in [-0.39, 0.29) is 24.3 Å². The lowest BCUT2D eigenvalue weighted by Crippen LogP contribution is -2.44. The molecule has 0 aromatic heterocycles. The van der Waals surface area contributed by atoms with E-state index in [1.165, 1.54) is 4.90 Å². The van der Waals surface area contributed by atoms with Crippen molar-refractivity contribution in [3.8, 4) is 0 Å². The van der Waals surface area contributed by atoms with Gasteiger partial charge in [-0.25, -0.2) is 0 Å². The summed E-state index contributed by atoms with van der Waals surface area (Å²) in [6, 6.07) is -0.463. The summed E-state index contributed by atoms with van der Waals surface area (Å²) in [6.45, 7) is 4.07. The SMILES string of the molecule is CCN1C(=O)CC(NC(C)CS(C)=O)C1=O. The predicted octanol–water partition coefficient (Wildman–Crippen LogP) is -0.510. The minimum absolute atomic E-state index is 0.0237. The first-order chi connectivity index (χ1) is 7.45. The third-order valence-corrected chi connectivity index (χ3v) is 3.50. The van der Waals surface area contributed by atoms with Crippen molar-refractivity contribution < 1.29 is 13.8 Å². The second-order valence-electron chi connectivity index (χ2n) is 4.04. The van der Waals surface area contributed by atoms with Gasteiger partial charge in [-0.2, -0.15) is 0 Å². The first kappa shape index (κ1) is 13.3. The summed E-state index contributed by atoms with van der Waals surface area (Å²) in [5.74, 6) is 0.195. The number of hydrogen-bond donors (Lipinski definition) is 1. The van der Waals surface area contributed by atoms with Crippen LogP contribution in [0.5, 0.6) is 0 Å². The van der Waals surface area contributed by atoms with Crippen LogP contribution in [0.25, 0.3) is 0 Å². The van der Waals surface area contributed by atoms with Gasteiger partial charge in [0.15, 0.2) is 0 Å². The van der Waals surface area contributed by atoms with Crippen molar-refractivity contribution in [2.24, 2.45) is 0 Å². The number of nitrogens with zero attached hydrogens (tertiary/aromatic N) is 1. The number of likely N-dealkylation sites (N-methyl/N-ethyl adjacent to an activating group) is 1. The molecule has 0 saturated carbocycles. The van der Waals surface area contributed by atoms with Gasteiger partial charge in [-0.3, -0.25) is 18.7 Å². The van der Waals surface area contributed by atoms with E-state index in [0.29, 0.717) is 12.3 Å². The molecule has 3 unspecified atom stereocenters. The first-order valence-corrected chi connectivity index (χ1v) is 7.08. The molecule has 92 valence electrons. The van der Waals surface area contributed by atoms with Crippen LogP contribution in [-0.4, -0.2) is 51.6 Å². The molecular weight excluding hydrogens is 228 g/mol. The third-order valence-electron chi connectivity index (χ3n) is 2.53. The van der Waals surface area contributed by atoms with E-state index in [1.807, 2.05) is 6.92 Å². The molecule has 0 spiro atoms. The molecule has 5 nitrogen and oxygen atoms in total. The van der Waals surface area contributed by atoms with Crippen LogP contribution in [-0.2, 0) is 20.4 Å². The molecule has 1 N–H and O–H groups in total. The predicted molar refractivity (Wildman–Crippen MR) is 62.3 cm³/mol. The average Bonchev–Trinajstić information content (AvgIpc) is 2.40. The van der Waals surface area contributed by atoms with Crippen LogP contribution in [0.3, 0.4) is 0 Å². The molecular formula is C10H18N2O3S. The van der Waals surface area contributed by atoms with E-state index in [0.717, 1.165) is 0 Å². The van der Waals surface area contributed by atoms with E-state index in [9.17, 15) is 13.8 Å². The summed E-state index contributed by atoms with van der Waals surface area (Å²) in [6.07, 6.45) is 1.84. The Morgan fingerprint density at radius 1 is 1.56 bits per heavy atom. The molecule has 0 aromatic rings. The molecule has 6 heteroatoms. The molecule has 1 heterocycles. The first-order valence-electron chi connectivity index (χ1n) is 5.36. The number of nitrogens with one attached hydrogen (secondary N) is 1. The molecule has 0 aromatic carbocycles. The number of rotatable bonds is 5. The fourth-order valence-corrected chi connectivity index (χ4v) is 2.69. The summed E-state index contributed by atoms with van der Waals surface area (Å²) in [4.78, 5) is 24.4. The van der Waals surface area contributed by atoms with E-state index >= 15 is 0 Å². The molecule has 0 bridgehead atoms. The Hall–Kier alpha value is -0.750. The smallest absolute Gasteiger partial charge is 0.246 e. The van der Waals surface area contributed by atoms with E-state index in [4.69, 9.17) is 0 Å². The van der Waals surface area contributed by atoms with Gasteiger partial charge in [-0.1, -0.05) is 0 Å². The van der Waals surface area contributed by atoms with Crippen LogP contribution in [0.4, 0.5) is 0 Å². The molecule has 1 saturated heterocycles. The van der Waals surface area contributed by atoms with Crippen molar-refractivity contribution in [1.82, 2.24) is 10.2 Å². The quantitative estimate of drug-likeness (QED) is 0.664. The monoisotopic (exact) mass is 246 g/mol. The normalized spacial score (nSPS) is 24.9. The zero-order chi connectivity index (χ0) is 12.3. The van der Waals surface area contributed by atoms with Gasteiger partial charge < -0.3 is 5.32 Å². The summed E-state index contributed by atoms with van der Waals surface area (Å²) < 4.78 is 11.0. The van der Waals surface area contributed by atoms with Crippen molar-refractivity contribution in [3.63, 3.8) is 0 Å². The lowest BCUT2D eigenvalue weighted by Gasteiger charge is -2.17. The molecule has 0 radical (unpaired) electrons. The molecule has 3 atom stereocenters. The average molecular weight is 246 g/mol. The standard InChI is InChI=1S/C10H18N2O3S/c1-4-12-9(13)5-8(10(12)14)11-7(2)6-16(3)15/h7-8,11H,4-6H2,1-3H3. The highest BCUT2D eigenvalue weighted by Crippen LogP contribution is 2.13. The number of carbonyl (C=O) groups is 2. The summed E-state index contributed by atoms with van der Waals surface area (Å²) in [5, 5.41) is 3.05. The van der Waals surface area contributed by atoms with E-state index in [2.05, 4.69) is 5.32 Å². The fourth-order valence-electron chi connectivity index (χ4n) is 1.89. The number of likely N-dealkylation sites (tertiary alicyclic amines) is 1. The maximum atomic E-state index is 11.7. The summed E-state index contributed by atoms with van der Waals surface area (Å²) in [7, 11) is -0.899. The Morgan fingerprint density at radius 2 is 2.19 bits per heavy atom. The highest BCUT2D eigenvalue weighted by atomic mass is 32.2. The number of amides is 2. The van der Waals surface area contributed by atoms with Gasteiger partial charge in [0.25, 0.3) is 0 Å². The molecule has 1 aliphatic rings. The maximum absolute atomic E-state index is 11.7. The van der Waals surface area contributed by atoms with Crippen molar-refractivity contribution in [2.75, 3.05) is 18.6 Å². The number of carbonyl (C=O) groups excluding carboxylic acids is 2. The van der Waals surface area contributed by atoms with Crippen LogP contribution >= 0.6 is 0 Å². The molecule has 2 amide bonds. The van der Waals surface area contributed by atoms with Crippen LogP contribution in [0.2, 0.25) is 0 Å². The molecule has 1 aliphatic heterocycles. The van der Waals surface area contributed by atoms with Gasteiger partial charge in [-0.15, -0.1) is 0 Å². The van der Waals surface area contributed by atoms with Gasteiger partial charge in [0.2, 0.25) is 11.8 Å². The Labute approximate surface area is 98.0 Å². The Morgan fingerprint density at radius 3 is 2.62 bits per heavy atom. The number of imide groups is 1. The lowest BCUT2D eigenvalue weighted by atomic mass is 10.2. The van der Waals surface area contributed by atoms with Crippen molar-refractivity contribution in [3.05, 3.63) is 0 Å². The van der Waals surface area contributed by atoms with Gasteiger partial charge >= 0.3 is 0 Å². The molecule has 0 aliphatic carbocycles. The Kier molecular flexibility index (Phi) is 4.61. The van der Waals surface area contributed by atoms with Gasteiger partial charge in [0, 0.05) is 35.4 Å². The molecule has 1 rings (SSSR count). The fraction of sp³-hybridized carbons (Fsp3) is 0.800. The van der Waals surface area contributed by atoms with Crippen LogP contribution in [0, 0.1) is 0 Å². The zero-order valence-electron chi connectivity index (χ0n) is 9.86. The zero-order valence-corrected chi connectivity index (χ0v) is 10.7. The second-order valence-corrected chi connectivity index (χ2v) is 5.52. The van der Waals surface area contributed by atoms with Crippen molar-refractivity contribution in [1.29, 1.82) is 0 Å². The lowest BCUT2D eigenvalue weighted by molar-refractivity contribution is -0.138. The highest BCUT2D eigenvalue weighted by Gasteiger charge is 2.37. The van der Waals surface area contributed by atoms with Crippen molar-refractivity contribution in [2.45, 2.75) is 32.4 Å². The molecule has 1 fully saturated rings. The van der Waals surface area contributed by atoms with Crippen LogP contribution < -0.4 is 5.32 Å². The maximum Gasteiger partial charge on any atom is 0.246 e. The van der Waals surface area contributed by atoms with Crippen molar-refractivity contribution >= 4 is 22.6 Å². The highest BCUT2D eigenvalue weighted by molar-refractivity contribution is 7.84. The number of hydrogen-bond acceptors (Lipinski definition) is 4. The summed E-state index contributed by atoms with van der Waals surface area (Å²) in [5.41, 5.74) is 0. The van der Waals surface area contributed by atoms with Gasteiger partial charge in [-0.05, 0) is 13.8 Å². The van der Waals surface area contributed by atoms with Gasteiger partial charge in [0.1, 0.15) is 0 Å². The second kappa shape index (κ2) is 5.54. The largest absolute Gasteiger partial charge is 0.302 e. The van der Waals surface area contributed by atoms with E-state index < -0.39 is 16.8 Å². The third kappa shape index (κ3) is 3.12. The molecule has 16 heavy (non-hydrogen) atoms. The summed E-state index contributed by atoms with van der Waals surface area (Å²) >= 11 is 0. The van der Waals surface area contributed by atoms with Gasteiger partial charge in [0.05, 0.1) is 12.5 Å². The Balaban J connectivity index is 2.54. The Bertz CT molecular complexity index is 319. The van der Waals surface area contributed by atoms with E-state index in [1.54, 1.807) is 13.2 Å². The minimum Gasteiger partial charge on any atom is -0.302 e. The van der Waals surface area contributed by atoms with Crippen LogP contribution in [0.15, 0.2) is 0 Å². The minimum atomic E-state index is -0.899. The van der Waals surface area contributed by atoms with Crippen LogP contribution in [0.1, 0.15) is 20.3 Å².